The largest absolute Gasteiger partial charge is 0.490 e. The van der Waals surface area contributed by atoms with Crippen LogP contribution in [0.4, 0.5) is 20.3 Å². The second-order valence-electron chi connectivity index (χ2n) is 18.3. The summed E-state index contributed by atoms with van der Waals surface area (Å²) in [5.41, 5.74) is 8.14. The molecule has 0 unspecified atom stereocenters. The van der Waals surface area contributed by atoms with Gasteiger partial charge in [0.05, 0.1) is 53.9 Å². The highest BCUT2D eigenvalue weighted by Crippen LogP contribution is 2.45. The Bertz CT molecular complexity index is 2880. The van der Waals surface area contributed by atoms with Crippen LogP contribution in [0, 0.1) is 11.3 Å². The minimum atomic E-state index is -2.67. The molecule has 2 aliphatic carbocycles. The third-order valence-electron chi connectivity index (χ3n) is 13.8. The van der Waals surface area contributed by atoms with E-state index in [1.165, 1.54) is 0 Å². The minimum Gasteiger partial charge on any atom is -0.490 e. The van der Waals surface area contributed by atoms with Gasteiger partial charge in [-0.2, -0.15) is 15.5 Å². The van der Waals surface area contributed by atoms with Crippen LogP contribution < -0.4 is 15.0 Å². The molecule has 17 heteroatoms. The lowest BCUT2D eigenvalue weighted by Crippen LogP contribution is -2.40. The normalized spacial score (nSPS) is 20.0. The molecule has 0 atom stereocenters. The molecule has 4 aliphatic rings. The summed E-state index contributed by atoms with van der Waals surface area (Å²) >= 11 is 6.16. The quantitative estimate of drug-likeness (QED) is 0.126. The van der Waals surface area contributed by atoms with Gasteiger partial charge >= 0.3 is 0 Å². The molecule has 2 amide bonds. The lowest BCUT2D eigenvalue weighted by molar-refractivity contribution is -0.129. The number of halogens is 3. The highest BCUT2D eigenvalue weighted by atomic mass is 35.5. The van der Waals surface area contributed by atoms with Crippen LogP contribution in [0.5, 0.6) is 5.75 Å². The molecule has 0 spiro atoms. The van der Waals surface area contributed by atoms with Crippen molar-refractivity contribution in [2.24, 2.45) is 7.05 Å². The number of nitriles is 1. The number of anilines is 2. The number of carbonyl (C=O) groups excluding carboxylic acids is 2. The first-order valence-electron chi connectivity index (χ1n) is 23.3. The number of benzene rings is 3. The van der Waals surface area contributed by atoms with Crippen LogP contribution in [0.1, 0.15) is 108 Å². The van der Waals surface area contributed by atoms with Crippen LogP contribution in [-0.2, 0) is 42.6 Å². The van der Waals surface area contributed by atoms with E-state index >= 15 is 0 Å². The summed E-state index contributed by atoms with van der Waals surface area (Å²) in [6, 6.07) is 22.2. The fourth-order valence-corrected chi connectivity index (χ4v) is 10.2. The van der Waals surface area contributed by atoms with Crippen LogP contribution in [-0.4, -0.2) is 77.8 Å². The number of nitrogens with one attached hydrogen (secondary N) is 1. The summed E-state index contributed by atoms with van der Waals surface area (Å²) in [6.07, 6.45) is 7.65. The van der Waals surface area contributed by atoms with Gasteiger partial charge in [0.2, 0.25) is 5.91 Å². The molecule has 2 fully saturated rings. The number of aryl methyl sites for hydroxylation is 2. The molecule has 0 saturated heterocycles. The Morgan fingerprint density at radius 3 is 2.46 bits per heavy atom. The van der Waals surface area contributed by atoms with E-state index in [1.807, 2.05) is 35.2 Å². The third kappa shape index (κ3) is 9.29. The first kappa shape index (κ1) is 45.1. The predicted molar refractivity (Wildman–Crippen MR) is 251 cm³/mol. The van der Waals surface area contributed by atoms with Gasteiger partial charge in [-0.1, -0.05) is 35.9 Å². The zero-order chi connectivity index (χ0) is 47.1. The maximum Gasteiger partial charge on any atom is 0.272 e. The summed E-state index contributed by atoms with van der Waals surface area (Å²) in [6.45, 7) is 3.68. The van der Waals surface area contributed by atoms with Gasteiger partial charge in [0.1, 0.15) is 11.8 Å². The van der Waals surface area contributed by atoms with Gasteiger partial charge in [0.15, 0.2) is 11.5 Å². The first-order chi connectivity index (χ1) is 33.0. The highest BCUT2D eigenvalue weighted by molar-refractivity contribution is 6.31. The fourth-order valence-electron chi connectivity index (χ4n) is 9.98. The maximum absolute atomic E-state index is 14.7. The van der Waals surface area contributed by atoms with Crippen molar-refractivity contribution >= 4 is 34.9 Å². The molecule has 68 heavy (non-hydrogen) atoms. The van der Waals surface area contributed by atoms with Gasteiger partial charge in [-0.3, -0.25) is 19.0 Å². The summed E-state index contributed by atoms with van der Waals surface area (Å²) in [5, 5.41) is 30.7. The Labute approximate surface area is 397 Å². The maximum atomic E-state index is 14.7. The van der Waals surface area contributed by atoms with Crippen molar-refractivity contribution in [3.05, 3.63) is 123 Å². The van der Waals surface area contributed by atoms with E-state index in [0.29, 0.717) is 65.8 Å². The molecule has 2 saturated carbocycles. The molecular weight excluding hydrogens is 890 g/mol. The van der Waals surface area contributed by atoms with Gasteiger partial charge < -0.3 is 24.6 Å². The monoisotopic (exact) mass is 940 g/mol. The average molecular weight is 941 g/mol. The number of nitrogens with zero attached hydrogens (tertiary/aromatic N) is 9. The predicted octanol–water partition coefficient (Wildman–Crippen LogP) is 9.23. The second-order valence-corrected chi connectivity index (χ2v) is 18.7. The van der Waals surface area contributed by atoms with E-state index in [4.69, 9.17) is 31.4 Å². The Morgan fingerprint density at radius 1 is 0.956 bits per heavy atom. The molecule has 5 heterocycles. The Hall–Kier alpha value is -6.70. The average Bonchev–Trinajstić information content (AvgIpc) is 3.94. The van der Waals surface area contributed by atoms with Gasteiger partial charge in [0, 0.05) is 85.4 Å². The fraction of sp³-hybridized carbons (Fsp3) is 0.392. The van der Waals surface area contributed by atoms with Crippen LogP contribution >= 0.6 is 11.6 Å². The number of amides is 2. The molecule has 0 bridgehead atoms. The zero-order valence-corrected chi connectivity index (χ0v) is 38.6. The van der Waals surface area contributed by atoms with Crippen molar-refractivity contribution in [1.29, 1.82) is 5.26 Å². The molecule has 10 rings (SSSR count). The van der Waals surface area contributed by atoms with Crippen LogP contribution in [0.25, 0.3) is 22.4 Å². The molecule has 350 valence electrons. The number of aromatic nitrogens is 6. The zero-order valence-electron chi connectivity index (χ0n) is 37.9. The SMILES string of the molecule is CC(=O)N1CCc2c(c(N3CCCc4cc(-c5cnn(C)c5)c(C(F)F)cc43)nn2C2CC(OCc3ccc(-c4ccc(C(=O)NC5CCC(Oc6ccc(C#N)c(Cl)c6)CC5)nn4)cc3)C2)C1. The summed E-state index contributed by atoms with van der Waals surface area (Å²) in [5.74, 6) is 1.10. The molecular formula is C51H51ClF2N10O4. The minimum absolute atomic E-state index is 0.000874. The van der Waals surface area contributed by atoms with E-state index in [2.05, 4.69) is 36.3 Å². The van der Waals surface area contributed by atoms with Crippen LogP contribution in [0.2, 0.25) is 5.02 Å². The van der Waals surface area contributed by atoms with Crippen molar-refractivity contribution in [1.82, 2.24) is 40.0 Å². The van der Waals surface area contributed by atoms with Crippen molar-refractivity contribution in [2.45, 2.75) is 109 Å². The highest BCUT2D eigenvalue weighted by Gasteiger charge is 2.38. The van der Waals surface area contributed by atoms with E-state index in [9.17, 15) is 18.4 Å². The number of rotatable bonds is 12. The van der Waals surface area contributed by atoms with E-state index in [-0.39, 0.29) is 47.4 Å². The Morgan fingerprint density at radius 2 is 1.76 bits per heavy atom. The molecule has 3 aromatic heterocycles. The molecule has 0 radical (unpaired) electrons. The van der Waals surface area contributed by atoms with Crippen LogP contribution in [0.15, 0.2) is 79.1 Å². The van der Waals surface area contributed by atoms with Gasteiger partial charge in [-0.25, -0.2) is 8.78 Å². The van der Waals surface area contributed by atoms with Crippen molar-refractivity contribution < 1.29 is 27.8 Å². The van der Waals surface area contributed by atoms with Gasteiger partial charge in [0.25, 0.3) is 12.3 Å². The first-order valence-corrected chi connectivity index (χ1v) is 23.6. The molecule has 3 aromatic carbocycles. The van der Waals surface area contributed by atoms with E-state index < -0.39 is 6.43 Å². The van der Waals surface area contributed by atoms with Crippen molar-refractivity contribution in [2.75, 3.05) is 18.0 Å². The molecule has 6 aromatic rings. The van der Waals surface area contributed by atoms with Gasteiger partial charge in [-0.05, 0) is 104 Å². The smallest absolute Gasteiger partial charge is 0.272 e. The molecule has 1 N–H and O–H groups in total. The number of fused-ring (bicyclic) bond motifs is 2. The number of hydrogen-bond donors (Lipinski definition) is 1. The third-order valence-corrected chi connectivity index (χ3v) is 14.1. The number of alkyl halides is 2. The second kappa shape index (κ2) is 19.1. The van der Waals surface area contributed by atoms with E-state index in [1.54, 1.807) is 67.4 Å². The topological polar surface area (TPSA) is 156 Å². The lowest BCUT2D eigenvalue weighted by atomic mass is 9.88. The number of ether oxygens (including phenoxy) is 2. The number of hydrogen-bond acceptors (Lipinski definition) is 10. The summed E-state index contributed by atoms with van der Waals surface area (Å²) < 4.78 is 45.6. The number of carbonyl (C=O) groups is 2. The molecule has 14 nitrogen and oxygen atoms in total. The molecule has 2 aliphatic heterocycles. The summed E-state index contributed by atoms with van der Waals surface area (Å²) in [4.78, 5) is 29.6. The van der Waals surface area contributed by atoms with Crippen molar-refractivity contribution in [3.63, 3.8) is 0 Å². The lowest BCUT2D eigenvalue weighted by Gasteiger charge is -2.37. The Kier molecular flexibility index (Phi) is 12.7. The van der Waals surface area contributed by atoms with Gasteiger partial charge in [-0.15, -0.1) is 10.2 Å². The van der Waals surface area contributed by atoms with Crippen LogP contribution in [0.3, 0.4) is 0 Å². The Balaban J connectivity index is 0.742. The van der Waals surface area contributed by atoms with E-state index in [0.717, 1.165) is 90.8 Å². The standard InChI is InChI=1S/C51H51ClF2N10O4/c1-30(65)62-19-17-47-43(28-62)50(63-18-3-4-33-20-41(35-26-56-61(2)27-35)42(49(53)54)24-48(33)63)60-64(47)37-21-40(22-37)67-29-31-5-7-32(8-6-31)45-15-16-46(59-58-45)51(66)57-36-10-13-38(14-11-36)68-39-12-9-34(25-55)44(52)23-39/h5-9,12,15-16,20,23-24,26-27,36-38,40,49H,3-4,10-11,13-14,17-19,21-22,28-29H2,1-2H3,(H,57,66). The van der Waals surface area contributed by atoms with Crippen molar-refractivity contribution in [3.8, 4) is 34.2 Å². The summed E-state index contributed by atoms with van der Waals surface area (Å²) in [7, 11) is 1.78.